The number of hydrogen-bond acceptors (Lipinski definition) is 4. The zero-order chi connectivity index (χ0) is 22.2. The van der Waals surface area contributed by atoms with Gasteiger partial charge in [-0.2, -0.15) is 10.5 Å². The second-order valence-corrected chi connectivity index (χ2v) is 9.08. The van der Waals surface area contributed by atoms with E-state index in [4.69, 9.17) is 9.47 Å². The van der Waals surface area contributed by atoms with Crippen LogP contribution in [0.15, 0.2) is 8.95 Å². The highest BCUT2D eigenvalue weighted by Crippen LogP contribution is 2.44. The molecule has 166 valence electrons. The molecule has 0 radical (unpaired) electrons. The van der Waals surface area contributed by atoms with E-state index in [1.165, 1.54) is 51.4 Å². The van der Waals surface area contributed by atoms with E-state index < -0.39 is 0 Å². The molecule has 0 aliphatic rings. The van der Waals surface area contributed by atoms with Crippen LogP contribution < -0.4 is 9.47 Å². The largest absolute Gasteiger partial charge is 0.491 e. The van der Waals surface area contributed by atoms with Crippen LogP contribution in [0.4, 0.5) is 0 Å². The maximum Gasteiger partial charge on any atom is 0.154 e. The lowest BCUT2D eigenvalue weighted by atomic mass is 10.1. The Morgan fingerprint density at radius 2 is 0.933 bits per heavy atom. The summed E-state index contributed by atoms with van der Waals surface area (Å²) in [6.45, 7) is 5.45. The van der Waals surface area contributed by atoms with E-state index in [1.54, 1.807) is 0 Å². The summed E-state index contributed by atoms with van der Waals surface area (Å²) in [7, 11) is 0. The van der Waals surface area contributed by atoms with Crippen molar-refractivity contribution in [1.82, 2.24) is 0 Å². The molecule has 0 bridgehead atoms. The van der Waals surface area contributed by atoms with Gasteiger partial charge >= 0.3 is 0 Å². The zero-order valence-electron chi connectivity index (χ0n) is 18.4. The topological polar surface area (TPSA) is 66.0 Å². The van der Waals surface area contributed by atoms with Crippen molar-refractivity contribution in [2.24, 2.45) is 0 Å². The molecular formula is C24H34Br2N2O2. The Hall–Kier alpha value is -1.24. The monoisotopic (exact) mass is 540 g/mol. The first kappa shape index (κ1) is 26.8. The van der Waals surface area contributed by atoms with Crippen molar-refractivity contribution in [3.8, 4) is 23.6 Å². The van der Waals surface area contributed by atoms with Crippen molar-refractivity contribution < 1.29 is 9.47 Å². The van der Waals surface area contributed by atoms with E-state index in [1.807, 2.05) is 0 Å². The highest BCUT2D eigenvalue weighted by atomic mass is 79.9. The number of halogens is 2. The summed E-state index contributed by atoms with van der Waals surface area (Å²) in [5.74, 6) is 0.836. The van der Waals surface area contributed by atoms with Crippen molar-refractivity contribution >= 4 is 31.9 Å². The summed E-state index contributed by atoms with van der Waals surface area (Å²) in [5.41, 5.74) is 0.731. The Morgan fingerprint density at radius 3 is 1.27 bits per heavy atom. The minimum Gasteiger partial charge on any atom is -0.491 e. The lowest BCUT2D eigenvalue weighted by Gasteiger charge is -2.17. The lowest BCUT2D eigenvalue weighted by molar-refractivity contribution is 0.292. The van der Waals surface area contributed by atoms with Gasteiger partial charge in [-0.05, 0) is 44.7 Å². The normalized spacial score (nSPS) is 10.5. The predicted octanol–water partition coefficient (Wildman–Crippen LogP) is 8.43. The molecule has 0 atom stereocenters. The average Bonchev–Trinajstić information content (AvgIpc) is 2.75. The molecule has 0 aromatic heterocycles. The Bertz CT molecular complexity index is 662. The maximum absolute atomic E-state index is 9.68. The van der Waals surface area contributed by atoms with E-state index >= 15 is 0 Å². The first-order valence-corrected chi connectivity index (χ1v) is 12.8. The van der Waals surface area contributed by atoms with Gasteiger partial charge in [-0.3, -0.25) is 0 Å². The van der Waals surface area contributed by atoms with Crippen LogP contribution in [0.3, 0.4) is 0 Å². The molecule has 0 aliphatic heterocycles. The van der Waals surface area contributed by atoms with Crippen molar-refractivity contribution in [3.05, 3.63) is 20.1 Å². The van der Waals surface area contributed by atoms with Gasteiger partial charge in [-0.25, -0.2) is 0 Å². The SMILES string of the molecule is CCCCCCCCOc1c(Br)c(C#N)c(OCCCCCCCC)c(Br)c1C#N. The molecule has 0 aliphatic carbocycles. The molecule has 0 fully saturated rings. The zero-order valence-corrected chi connectivity index (χ0v) is 21.5. The van der Waals surface area contributed by atoms with Crippen LogP contribution in [0.2, 0.25) is 0 Å². The van der Waals surface area contributed by atoms with Gasteiger partial charge in [0.05, 0.1) is 22.2 Å². The van der Waals surface area contributed by atoms with Crippen molar-refractivity contribution in [3.63, 3.8) is 0 Å². The first-order valence-electron chi connectivity index (χ1n) is 11.2. The molecule has 30 heavy (non-hydrogen) atoms. The number of benzene rings is 1. The summed E-state index contributed by atoms with van der Waals surface area (Å²) in [6.07, 6.45) is 13.9. The third-order valence-corrected chi connectivity index (χ3v) is 6.52. The fourth-order valence-electron chi connectivity index (χ4n) is 3.23. The van der Waals surface area contributed by atoms with Crippen LogP contribution in [0.5, 0.6) is 11.5 Å². The number of hydrogen-bond donors (Lipinski definition) is 0. The molecule has 0 spiro atoms. The molecule has 6 heteroatoms. The summed E-state index contributed by atoms with van der Waals surface area (Å²) in [6, 6.07) is 4.40. The van der Waals surface area contributed by atoms with Crippen LogP contribution in [-0.2, 0) is 0 Å². The fourth-order valence-corrected chi connectivity index (χ4v) is 4.39. The Labute approximate surface area is 199 Å². The van der Waals surface area contributed by atoms with E-state index in [0.29, 0.717) is 44.8 Å². The Balaban J connectivity index is 2.75. The molecule has 1 rings (SSSR count). The van der Waals surface area contributed by atoms with Gasteiger partial charge < -0.3 is 9.47 Å². The van der Waals surface area contributed by atoms with Crippen molar-refractivity contribution in [2.75, 3.05) is 13.2 Å². The summed E-state index contributed by atoms with van der Waals surface area (Å²) >= 11 is 6.95. The lowest BCUT2D eigenvalue weighted by Crippen LogP contribution is -2.06. The number of unbranched alkanes of at least 4 members (excludes halogenated alkanes) is 10. The molecule has 0 saturated heterocycles. The minimum absolute atomic E-state index is 0.366. The minimum atomic E-state index is 0.366. The molecule has 0 amide bonds. The van der Waals surface area contributed by atoms with Crippen LogP contribution in [-0.4, -0.2) is 13.2 Å². The van der Waals surface area contributed by atoms with Crippen LogP contribution >= 0.6 is 31.9 Å². The Kier molecular flexibility index (Phi) is 14.7. The van der Waals surface area contributed by atoms with E-state index in [-0.39, 0.29) is 0 Å². The second kappa shape index (κ2) is 16.5. The number of ether oxygens (including phenoxy) is 2. The van der Waals surface area contributed by atoms with Gasteiger partial charge in [0.2, 0.25) is 0 Å². The third kappa shape index (κ3) is 8.86. The van der Waals surface area contributed by atoms with Gasteiger partial charge in [0.15, 0.2) is 11.5 Å². The number of nitrogens with zero attached hydrogens (tertiary/aromatic N) is 2. The maximum atomic E-state index is 9.68. The van der Waals surface area contributed by atoms with E-state index in [9.17, 15) is 10.5 Å². The van der Waals surface area contributed by atoms with E-state index in [0.717, 1.165) is 25.7 Å². The van der Waals surface area contributed by atoms with Crippen molar-refractivity contribution in [2.45, 2.75) is 90.9 Å². The van der Waals surface area contributed by atoms with Gasteiger partial charge in [-0.1, -0.05) is 78.1 Å². The van der Waals surface area contributed by atoms with Crippen molar-refractivity contribution in [1.29, 1.82) is 10.5 Å². The fraction of sp³-hybridized carbons (Fsp3) is 0.667. The number of rotatable bonds is 16. The average molecular weight is 542 g/mol. The smallest absolute Gasteiger partial charge is 0.154 e. The van der Waals surface area contributed by atoms with Gasteiger partial charge in [0.25, 0.3) is 0 Å². The van der Waals surface area contributed by atoms with Gasteiger partial charge in [-0.15, -0.1) is 0 Å². The van der Waals surface area contributed by atoms with Crippen LogP contribution in [0.1, 0.15) is 102 Å². The highest BCUT2D eigenvalue weighted by molar-refractivity contribution is 9.11. The highest BCUT2D eigenvalue weighted by Gasteiger charge is 2.24. The van der Waals surface area contributed by atoms with E-state index in [2.05, 4.69) is 57.8 Å². The first-order chi connectivity index (χ1) is 14.6. The molecule has 1 aromatic rings. The second-order valence-electron chi connectivity index (χ2n) is 7.49. The molecular weight excluding hydrogens is 508 g/mol. The standard InChI is InChI=1S/C24H34Br2N2O2/c1-3-5-7-9-11-13-15-29-23-19(17-27)22(26)24(20(18-28)21(23)25)30-16-14-12-10-8-6-4-2/h3-16H2,1-2H3. The van der Waals surface area contributed by atoms with Gasteiger partial charge in [0, 0.05) is 0 Å². The molecule has 1 aromatic carbocycles. The predicted molar refractivity (Wildman–Crippen MR) is 129 cm³/mol. The summed E-state index contributed by atoms with van der Waals surface area (Å²) < 4.78 is 12.8. The molecule has 0 unspecified atom stereocenters. The summed E-state index contributed by atoms with van der Waals surface area (Å²) in [5, 5.41) is 19.4. The quantitative estimate of drug-likeness (QED) is 0.197. The molecule has 4 nitrogen and oxygen atoms in total. The van der Waals surface area contributed by atoms with Crippen LogP contribution in [0, 0.1) is 22.7 Å². The van der Waals surface area contributed by atoms with Gasteiger partial charge in [0.1, 0.15) is 23.3 Å². The molecule has 0 heterocycles. The Morgan fingerprint density at radius 1 is 0.600 bits per heavy atom. The molecule has 0 N–H and O–H groups in total. The third-order valence-electron chi connectivity index (χ3n) is 5.00. The summed E-state index contributed by atoms with van der Waals surface area (Å²) in [4.78, 5) is 0. The molecule has 0 saturated carbocycles. The van der Waals surface area contributed by atoms with Crippen LogP contribution in [0.25, 0.3) is 0 Å². The number of nitriles is 2.